The summed E-state index contributed by atoms with van der Waals surface area (Å²) in [5, 5.41) is 14.4. The Morgan fingerprint density at radius 1 is 0.969 bits per heavy atom. The first kappa shape index (κ1) is 21.9. The summed E-state index contributed by atoms with van der Waals surface area (Å²) < 4.78 is 5.46. The molecule has 1 atom stereocenters. The Balaban J connectivity index is 1.20. The average molecular weight is 437 g/mol. The predicted octanol–water partition coefficient (Wildman–Crippen LogP) is 3.53. The van der Waals surface area contributed by atoms with Crippen molar-refractivity contribution in [2.75, 3.05) is 19.7 Å². The maximum Gasteiger partial charge on any atom is 0.407 e. The Hall–Kier alpha value is -3.35. The summed E-state index contributed by atoms with van der Waals surface area (Å²) in [4.78, 5) is 35.2. The van der Waals surface area contributed by atoms with Crippen molar-refractivity contribution in [3.63, 3.8) is 0 Å². The first-order chi connectivity index (χ1) is 15.5. The lowest BCUT2D eigenvalue weighted by atomic mass is 9.98. The number of amides is 2. The van der Waals surface area contributed by atoms with Crippen LogP contribution < -0.4 is 10.6 Å². The molecule has 4 rings (SSSR count). The molecular weight excluding hydrogens is 408 g/mol. The maximum absolute atomic E-state index is 12.2. The van der Waals surface area contributed by atoms with E-state index in [1.165, 1.54) is 11.1 Å². The molecule has 7 heteroatoms. The highest BCUT2D eigenvalue weighted by molar-refractivity contribution is 5.79. The molecule has 3 N–H and O–H groups in total. The van der Waals surface area contributed by atoms with Crippen LogP contribution in [0.2, 0.25) is 0 Å². The molecule has 0 bridgehead atoms. The number of carbonyl (C=O) groups is 3. The van der Waals surface area contributed by atoms with Gasteiger partial charge in [0.1, 0.15) is 6.61 Å². The Labute approximate surface area is 187 Å². The average Bonchev–Trinajstić information content (AvgIpc) is 3.58. The van der Waals surface area contributed by atoms with Crippen molar-refractivity contribution in [2.24, 2.45) is 11.8 Å². The van der Waals surface area contributed by atoms with Crippen LogP contribution in [0.3, 0.4) is 0 Å². The zero-order valence-electron chi connectivity index (χ0n) is 17.9. The molecule has 1 unspecified atom stereocenters. The second-order valence-electron chi connectivity index (χ2n) is 8.50. The van der Waals surface area contributed by atoms with Crippen LogP contribution in [0.15, 0.2) is 48.5 Å². The van der Waals surface area contributed by atoms with Gasteiger partial charge in [0.25, 0.3) is 0 Å². The van der Waals surface area contributed by atoms with E-state index in [0.29, 0.717) is 12.5 Å². The molecule has 2 aliphatic rings. The SMILES string of the molecule is O=C(O)CC(CNC(=O)CCNC(=O)OCC1c2ccccc2-c2ccccc21)C1CC1. The quantitative estimate of drug-likeness (QED) is 0.528. The van der Waals surface area contributed by atoms with Crippen LogP contribution in [0.25, 0.3) is 11.1 Å². The highest BCUT2D eigenvalue weighted by atomic mass is 16.5. The van der Waals surface area contributed by atoms with Crippen molar-refractivity contribution >= 4 is 18.0 Å². The number of carboxylic acids is 1. The lowest BCUT2D eigenvalue weighted by molar-refractivity contribution is -0.138. The zero-order valence-corrected chi connectivity index (χ0v) is 17.9. The van der Waals surface area contributed by atoms with Gasteiger partial charge in [0.15, 0.2) is 0 Å². The van der Waals surface area contributed by atoms with E-state index in [1.54, 1.807) is 0 Å². The fourth-order valence-corrected chi connectivity index (χ4v) is 4.46. The molecule has 2 aromatic rings. The minimum absolute atomic E-state index is 0.00922. The Kier molecular flexibility index (Phi) is 6.73. The number of nitrogens with one attached hydrogen (secondary N) is 2. The van der Waals surface area contributed by atoms with Crippen molar-refractivity contribution in [3.05, 3.63) is 59.7 Å². The van der Waals surface area contributed by atoms with E-state index < -0.39 is 12.1 Å². The summed E-state index contributed by atoms with van der Waals surface area (Å²) >= 11 is 0. The van der Waals surface area contributed by atoms with Crippen LogP contribution in [-0.4, -0.2) is 42.8 Å². The van der Waals surface area contributed by atoms with Crippen molar-refractivity contribution < 1.29 is 24.2 Å². The summed E-state index contributed by atoms with van der Waals surface area (Å²) in [6.45, 7) is 0.751. The minimum Gasteiger partial charge on any atom is -0.481 e. The van der Waals surface area contributed by atoms with Crippen LogP contribution in [-0.2, 0) is 14.3 Å². The Bertz CT molecular complexity index is 956. The van der Waals surface area contributed by atoms with Crippen LogP contribution in [0, 0.1) is 11.8 Å². The highest BCUT2D eigenvalue weighted by Crippen LogP contribution is 2.44. The number of aliphatic carboxylic acids is 1. The monoisotopic (exact) mass is 436 g/mol. The van der Waals surface area contributed by atoms with E-state index in [-0.39, 0.29) is 43.7 Å². The molecule has 0 saturated heterocycles. The van der Waals surface area contributed by atoms with Crippen molar-refractivity contribution in [3.8, 4) is 11.1 Å². The number of rotatable bonds is 10. The maximum atomic E-state index is 12.2. The summed E-state index contributed by atoms with van der Waals surface area (Å²) in [5.74, 6) is -0.685. The number of benzene rings is 2. The topological polar surface area (TPSA) is 105 Å². The largest absolute Gasteiger partial charge is 0.481 e. The molecule has 7 nitrogen and oxygen atoms in total. The number of hydrogen-bond acceptors (Lipinski definition) is 4. The van der Waals surface area contributed by atoms with Gasteiger partial charge >= 0.3 is 12.1 Å². The van der Waals surface area contributed by atoms with Gasteiger partial charge in [0.2, 0.25) is 5.91 Å². The summed E-state index contributed by atoms with van der Waals surface area (Å²) in [6.07, 6.45) is 1.69. The number of alkyl carbamates (subject to hydrolysis) is 1. The number of fused-ring (bicyclic) bond motifs is 3. The molecule has 0 aromatic heterocycles. The Morgan fingerprint density at radius 2 is 1.59 bits per heavy atom. The molecule has 0 aliphatic heterocycles. The number of hydrogen-bond donors (Lipinski definition) is 3. The number of ether oxygens (including phenoxy) is 1. The predicted molar refractivity (Wildman–Crippen MR) is 119 cm³/mol. The van der Waals surface area contributed by atoms with Crippen LogP contribution in [0.1, 0.15) is 42.7 Å². The van der Waals surface area contributed by atoms with Crippen molar-refractivity contribution in [1.29, 1.82) is 0 Å². The third kappa shape index (κ3) is 5.28. The van der Waals surface area contributed by atoms with Gasteiger partial charge < -0.3 is 20.5 Å². The summed E-state index contributed by atoms with van der Waals surface area (Å²) in [7, 11) is 0. The van der Waals surface area contributed by atoms with E-state index in [9.17, 15) is 14.4 Å². The molecule has 2 aliphatic carbocycles. The van der Waals surface area contributed by atoms with Gasteiger partial charge in [0, 0.05) is 25.4 Å². The first-order valence-electron chi connectivity index (χ1n) is 11.1. The number of carbonyl (C=O) groups excluding carboxylic acids is 2. The van der Waals surface area contributed by atoms with Gasteiger partial charge in [-0.05, 0) is 46.9 Å². The van der Waals surface area contributed by atoms with E-state index in [0.717, 1.165) is 24.0 Å². The fraction of sp³-hybridized carbons (Fsp3) is 0.400. The molecular formula is C25H28N2O5. The molecule has 2 amide bonds. The van der Waals surface area contributed by atoms with Crippen LogP contribution in [0.4, 0.5) is 4.79 Å². The van der Waals surface area contributed by atoms with Gasteiger partial charge in [-0.3, -0.25) is 9.59 Å². The van der Waals surface area contributed by atoms with Gasteiger partial charge in [-0.15, -0.1) is 0 Å². The van der Waals surface area contributed by atoms with Gasteiger partial charge in [-0.25, -0.2) is 4.79 Å². The minimum atomic E-state index is -0.840. The summed E-state index contributed by atoms with van der Waals surface area (Å²) in [6, 6.07) is 16.3. The first-order valence-corrected chi connectivity index (χ1v) is 11.1. The molecule has 0 spiro atoms. The third-order valence-electron chi connectivity index (χ3n) is 6.25. The number of carboxylic acid groups (broad SMARTS) is 1. The molecule has 32 heavy (non-hydrogen) atoms. The molecule has 1 fully saturated rings. The molecule has 168 valence electrons. The molecule has 0 heterocycles. The van der Waals surface area contributed by atoms with Crippen molar-refractivity contribution in [1.82, 2.24) is 10.6 Å². The van der Waals surface area contributed by atoms with E-state index in [1.807, 2.05) is 24.3 Å². The van der Waals surface area contributed by atoms with Crippen molar-refractivity contribution in [2.45, 2.75) is 31.6 Å². The third-order valence-corrected chi connectivity index (χ3v) is 6.25. The second kappa shape index (κ2) is 9.85. The molecule has 1 saturated carbocycles. The Morgan fingerprint density at radius 3 is 2.19 bits per heavy atom. The second-order valence-corrected chi connectivity index (χ2v) is 8.50. The fourth-order valence-electron chi connectivity index (χ4n) is 4.46. The molecule has 0 radical (unpaired) electrons. The van der Waals surface area contributed by atoms with E-state index >= 15 is 0 Å². The van der Waals surface area contributed by atoms with Crippen LogP contribution >= 0.6 is 0 Å². The molecule has 2 aromatic carbocycles. The smallest absolute Gasteiger partial charge is 0.407 e. The lowest BCUT2D eigenvalue weighted by Gasteiger charge is -2.15. The lowest BCUT2D eigenvalue weighted by Crippen LogP contribution is -2.34. The zero-order chi connectivity index (χ0) is 22.5. The normalized spacial score (nSPS) is 15.4. The standard InChI is InChI=1S/C25H28N2O5/c28-23(27-14-17(13-24(29)30)16-9-10-16)11-12-26-25(31)32-15-22-20-7-3-1-5-18(20)19-6-2-4-8-21(19)22/h1-8,16-17,22H,9-15H2,(H,26,31)(H,27,28)(H,29,30). The van der Waals surface area contributed by atoms with Gasteiger partial charge in [-0.2, -0.15) is 0 Å². The van der Waals surface area contributed by atoms with E-state index in [2.05, 4.69) is 34.9 Å². The van der Waals surface area contributed by atoms with Crippen LogP contribution in [0.5, 0.6) is 0 Å². The van der Waals surface area contributed by atoms with E-state index in [4.69, 9.17) is 9.84 Å². The summed E-state index contributed by atoms with van der Waals surface area (Å²) in [5.41, 5.74) is 4.63. The van der Waals surface area contributed by atoms with Gasteiger partial charge in [-0.1, -0.05) is 48.5 Å². The van der Waals surface area contributed by atoms with Gasteiger partial charge in [0.05, 0.1) is 6.42 Å². The highest BCUT2D eigenvalue weighted by Gasteiger charge is 2.32.